The molecule has 0 saturated carbocycles. The monoisotopic (exact) mass is 253 g/mol. The average Bonchev–Trinajstić information content (AvgIpc) is 2.90. The highest BCUT2D eigenvalue weighted by molar-refractivity contribution is 5.93. The first-order chi connectivity index (χ1) is 8.68. The number of nitrogens with one attached hydrogen (secondary N) is 2. The van der Waals surface area contributed by atoms with Gasteiger partial charge in [-0.15, -0.1) is 10.2 Å². The minimum Gasteiger partial charge on any atom is -0.368 e. The number of rotatable bonds is 4. The minimum atomic E-state index is -0.551. The van der Waals surface area contributed by atoms with Gasteiger partial charge in [-0.3, -0.25) is 9.59 Å². The van der Waals surface area contributed by atoms with E-state index in [0.717, 1.165) is 25.9 Å². The van der Waals surface area contributed by atoms with Crippen LogP contribution in [-0.4, -0.2) is 63.0 Å². The third-order valence-corrected chi connectivity index (χ3v) is 2.87. The number of aromatic amines is 1. The summed E-state index contributed by atoms with van der Waals surface area (Å²) in [7, 11) is 0. The topological polar surface area (TPSA) is 130 Å². The van der Waals surface area contributed by atoms with Crippen LogP contribution in [0.4, 0.5) is 0 Å². The van der Waals surface area contributed by atoms with E-state index in [2.05, 4.69) is 25.9 Å². The summed E-state index contributed by atoms with van der Waals surface area (Å²) in [5, 5.41) is 16.0. The maximum atomic E-state index is 12.2. The molecule has 0 atom stereocenters. The number of nitrogens with two attached hydrogens (primary N) is 1. The van der Waals surface area contributed by atoms with Crippen molar-refractivity contribution < 1.29 is 9.59 Å². The van der Waals surface area contributed by atoms with Crippen LogP contribution < -0.4 is 11.1 Å². The van der Waals surface area contributed by atoms with E-state index in [9.17, 15) is 9.59 Å². The second-order valence-electron chi connectivity index (χ2n) is 4.12. The molecule has 0 radical (unpaired) electrons. The molecular formula is C9H15N7O2. The Kier molecular flexibility index (Phi) is 3.82. The highest BCUT2D eigenvalue weighted by Gasteiger charge is 2.29. The normalized spacial score (nSPS) is 16.4. The molecule has 0 unspecified atom stereocenters. The van der Waals surface area contributed by atoms with Crippen LogP contribution in [0.25, 0.3) is 0 Å². The zero-order chi connectivity index (χ0) is 13.0. The number of carbonyl (C=O) groups is 2. The summed E-state index contributed by atoms with van der Waals surface area (Å²) in [6.45, 7) is 1.48. The number of carbonyl (C=O) groups excluding carboxylic acids is 2. The van der Waals surface area contributed by atoms with Crippen molar-refractivity contribution in [2.45, 2.75) is 18.9 Å². The van der Waals surface area contributed by atoms with Gasteiger partial charge in [-0.2, -0.15) is 5.21 Å². The lowest BCUT2D eigenvalue weighted by molar-refractivity contribution is -0.119. The predicted octanol–water partition coefficient (Wildman–Crippen LogP) is -2.12. The Balaban J connectivity index is 2.13. The van der Waals surface area contributed by atoms with Gasteiger partial charge in [0, 0.05) is 6.04 Å². The van der Waals surface area contributed by atoms with Gasteiger partial charge in [0.25, 0.3) is 11.7 Å². The van der Waals surface area contributed by atoms with Gasteiger partial charge in [-0.25, -0.2) is 0 Å². The number of H-pyrrole nitrogens is 1. The number of piperidine rings is 1. The SMILES string of the molecule is NC(=O)CN(C(=O)c1nn[nH]n1)C1CCNCC1. The van der Waals surface area contributed by atoms with Gasteiger partial charge >= 0.3 is 0 Å². The molecule has 2 amide bonds. The average molecular weight is 253 g/mol. The van der Waals surface area contributed by atoms with Gasteiger partial charge in [0.05, 0.1) is 0 Å². The first-order valence-corrected chi connectivity index (χ1v) is 5.72. The van der Waals surface area contributed by atoms with Gasteiger partial charge in [0.2, 0.25) is 5.91 Å². The molecule has 0 spiro atoms. The molecule has 1 aliphatic heterocycles. The number of primary amides is 1. The maximum Gasteiger partial charge on any atom is 0.296 e. The van der Waals surface area contributed by atoms with Crippen molar-refractivity contribution in [1.29, 1.82) is 0 Å². The summed E-state index contributed by atoms with van der Waals surface area (Å²) in [6.07, 6.45) is 1.55. The Hall–Kier alpha value is -2.03. The Morgan fingerprint density at radius 1 is 1.39 bits per heavy atom. The number of aromatic nitrogens is 4. The molecule has 18 heavy (non-hydrogen) atoms. The van der Waals surface area contributed by atoms with Crippen molar-refractivity contribution >= 4 is 11.8 Å². The lowest BCUT2D eigenvalue weighted by Crippen LogP contribution is -2.49. The number of hydrogen-bond acceptors (Lipinski definition) is 6. The predicted molar refractivity (Wildman–Crippen MR) is 60.3 cm³/mol. The minimum absolute atomic E-state index is 0.0234. The van der Waals surface area contributed by atoms with Crippen LogP contribution in [0, 0.1) is 0 Å². The number of amides is 2. The van der Waals surface area contributed by atoms with Crippen molar-refractivity contribution in [2.24, 2.45) is 5.73 Å². The van der Waals surface area contributed by atoms with E-state index in [1.165, 1.54) is 4.90 Å². The quantitative estimate of drug-likeness (QED) is 0.562. The van der Waals surface area contributed by atoms with Gasteiger partial charge < -0.3 is 16.0 Å². The van der Waals surface area contributed by atoms with Crippen LogP contribution in [-0.2, 0) is 4.79 Å². The van der Waals surface area contributed by atoms with E-state index >= 15 is 0 Å². The van der Waals surface area contributed by atoms with Crippen LogP contribution in [0.15, 0.2) is 0 Å². The van der Waals surface area contributed by atoms with E-state index in [4.69, 9.17) is 5.73 Å². The first kappa shape index (κ1) is 12.4. The Morgan fingerprint density at radius 2 is 2.11 bits per heavy atom. The van der Waals surface area contributed by atoms with Crippen LogP contribution in [0.3, 0.4) is 0 Å². The van der Waals surface area contributed by atoms with Crippen molar-refractivity contribution in [1.82, 2.24) is 30.8 Å². The molecule has 1 fully saturated rings. The lowest BCUT2D eigenvalue weighted by atomic mass is 10.0. The Labute approximate surface area is 103 Å². The molecule has 0 aliphatic carbocycles. The van der Waals surface area contributed by atoms with Crippen molar-refractivity contribution in [3.63, 3.8) is 0 Å². The molecule has 2 heterocycles. The largest absolute Gasteiger partial charge is 0.368 e. The smallest absolute Gasteiger partial charge is 0.296 e. The van der Waals surface area contributed by atoms with Gasteiger partial charge in [0.1, 0.15) is 6.54 Å². The molecule has 0 aromatic carbocycles. The molecule has 1 aromatic heterocycles. The van der Waals surface area contributed by atoms with Crippen molar-refractivity contribution in [3.8, 4) is 0 Å². The second-order valence-corrected chi connectivity index (χ2v) is 4.12. The molecular weight excluding hydrogens is 238 g/mol. The number of tetrazole rings is 1. The molecule has 98 valence electrons. The highest BCUT2D eigenvalue weighted by atomic mass is 16.2. The zero-order valence-electron chi connectivity index (χ0n) is 9.80. The van der Waals surface area contributed by atoms with E-state index in [-0.39, 0.29) is 18.4 Å². The summed E-state index contributed by atoms with van der Waals surface area (Å²) in [4.78, 5) is 24.7. The standard InChI is InChI=1S/C9H15N7O2/c10-7(17)5-16(6-1-3-11-4-2-6)9(18)8-12-14-15-13-8/h6,11H,1-5H2,(H2,10,17)(H,12,13,14,15). The molecule has 2 rings (SSSR count). The summed E-state index contributed by atoms with van der Waals surface area (Å²) in [5.41, 5.74) is 5.18. The fourth-order valence-electron chi connectivity index (χ4n) is 2.03. The Morgan fingerprint density at radius 3 is 2.67 bits per heavy atom. The summed E-state index contributed by atoms with van der Waals surface area (Å²) in [6, 6.07) is -0.0234. The van der Waals surface area contributed by atoms with Crippen molar-refractivity contribution in [3.05, 3.63) is 5.82 Å². The van der Waals surface area contributed by atoms with Crippen LogP contribution in [0.1, 0.15) is 23.5 Å². The van der Waals surface area contributed by atoms with E-state index in [1.807, 2.05) is 0 Å². The molecule has 1 aromatic rings. The third-order valence-electron chi connectivity index (χ3n) is 2.87. The lowest BCUT2D eigenvalue weighted by Gasteiger charge is -2.33. The summed E-state index contributed by atoms with van der Waals surface area (Å²) in [5.74, 6) is -1.02. The zero-order valence-corrected chi connectivity index (χ0v) is 9.80. The Bertz CT molecular complexity index is 413. The second kappa shape index (κ2) is 5.54. The number of hydrogen-bond donors (Lipinski definition) is 3. The molecule has 1 saturated heterocycles. The van der Waals surface area contributed by atoms with Crippen molar-refractivity contribution in [2.75, 3.05) is 19.6 Å². The summed E-state index contributed by atoms with van der Waals surface area (Å²) < 4.78 is 0. The van der Waals surface area contributed by atoms with E-state index in [1.54, 1.807) is 0 Å². The molecule has 4 N–H and O–H groups in total. The van der Waals surface area contributed by atoms with E-state index < -0.39 is 11.8 Å². The van der Waals surface area contributed by atoms with Gasteiger partial charge in [-0.1, -0.05) is 0 Å². The van der Waals surface area contributed by atoms with Gasteiger partial charge in [0.15, 0.2) is 0 Å². The molecule has 9 heteroatoms. The number of nitrogens with zero attached hydrogens (tertiary/aromatic N) is 4. The fraction of sp³-hybridized carbons (Fsp3) is 0.667. The van der Waals surface area contributed by atoms with Crippen LogP contribution >= 0.6 is 0 Å². The maximum absolute atomic E-state index is 12.2. The third kappa shape index (κ3) is 2.80. The highest BCUT2D eigenvalue weighted by Crippen LogP contribution is 2.13. The molecule has 0 bridgehead atoms. The first-order valence-electron chi connectivity index (χ1n) is 5.72. The van der Waals surface area contributed by atoms with E-state index in [0.29, 0.717) is 0 Å². The summed E-state index contributed by atoms with van der Waals surface area (Å²) >= 11 is 0. The van der Waals surface area contributed by atoms with Crippen LogP contribution in [0.2, 0.25) is 0 Å². The van der Waals surface area contributed by atoms with Gasteiger partial charge in [-0.05, 0) is 31.1 Å². The fourth-order valence-corrected chi connectivity index (χ4v) is 2.03. The molecule has 1 aliphatic rings. The van der Waals surface area contributed by atoms with Crippen LogP contribution in [0.5, 0.6) is 0 Å². The molecule has 9 nitrogen and oxygen atoms in total.